The number of anilines is 1. The first-order chi connectivity index (χ1) is 8.77. The molecule has 0 saturated carbocycles. The van der Waals surface area contributed by atoms with Crippen LogP contribution in [0.3, 0.4) is 0 Å². The Hall–Kier alpha value is -1.17. The summed E-state index contributed by atoms with van der Waals surface area (Å²) in [6.07, 6.45) is 2.77. The number of hydrogen-bond donors (Lipinski definition) is 1. The van der Waals surface area contributed by atoms with E-state index in [0.29, 0.717) is 6.61 Å². The summed E-state index contributed by atoms with van der Waals surface area (Å²) in [4.78, 5) is 6.59. The predicted molar refractivity (Wildman–Crippen MR) is 72.3 cm³/mol. The van der Waals surface area contributed by atoms with Crippen LogP contribution in [0.2, 0.25) is 0 Å². The number of methoxy groups -OCH3 is 2. The lowest BCUT2D eigenvalue weighted by Gasteiger charge is -2.22. The van der Waals surface area contributed by atoms with Crippen LogP contribution in [-0.2, 0) is 16.0 Å². The van der Waals surface area contributed by atoms with Gasteiger partial charge < -0.3 is 15.2 Å². The van der Waals surface area contributed by atoms with Gasteiger partial charge in [-0.3, -0.25) is 9.88 Å². The van der Waals surface area contributed by atoms with Crippen LogP contribution in [-0.4, -0.2) is 50.4 Å². The number of ether oxygens (including phenoxy) is 2. The van der Waals surface area contributed by atoms with Crippen molar-refractivity contribution >= 4 is 5.69 Å². The fraction of sp³-hybridized carbons (Fsp3) is 0.615. The van der Waals surface area contributed by atoms with Gasteiger partial charge in [0.15, 0.2) is 0 Å². The number of nitrogens with two attached hydrogens (primary N) is 1. The normalized spacial score (nSPS) is 11.1. The van der Waals surface area contributed by atoms with E-state index in [1.807, 2.05) is 12.1 Å². The van der Waals surface area contributed by atoms with Crippen LogP contribution in [0.1, 0.15) is 12.1 Å². The Morgan fingerprint density at radius 3 is 2.67 bits per heavy atom. The molecule has 1 aromatic rings. The summed E-state index contributed by atoms with van der Waals surface area (Å²) in [5.74, 6) is 0. The van der Waals surface area contributed by atoms with Gasteiger partial charge in [0.25, 0.3) is 0 Å². The van der Waals surface area contributed by atoms with Gasteiger partial charge in [0.1, 0.15) is 0 Å². The molecule has 0 bridgehead atoms. The fourth-order valence-electron chi connectivity index (χ4n) is 1.72. The summed E-state index contributed by atoms with van der Waals surface area (Å²) in [6, 6.07) is 3.73. The maximum absolute atomic E-state index is 5.91. The van der Waals surface area contributed by atoms with Gasteiger partial charge in [0.05, 0.1) is 18.0 Å². The number of pyridine rings is 1. The Labute approximate surface area is 109 Å². The van der Waals surface area contributed by atoms with Crippen molar-refractivity contribution in [2.75, 3.05) is 46.3 Å². The third kappa shape index (κ3) is 5.44. The van der Waals surface area contributed by atoms with Crippen molar-refractivity contribution in [1.82, 2.24) is 9.88 Å². The maximum Gasteiger partial charge on any atom is 0.0772 e. The predicted octanol–water partition coefficient (Wildman–Crippen LogP) is 1.15. The minimum atomic E-state index is 0.708. The fourth-order valence-corrected chi connectivity index (χ4v) is 1.72. The highest BCUT2D eigenvalue weighted by Crippen LogP contribution is 2.10. The van der Waals surface area contributed by atoms with Crippen molar-refractivity contribution in [2.24, 2.45) is 0 Å². The molecule has 0 atom stereocenters. The molecule has 0 aliphatic heterocycles. The zero-order valence-electron chi connectivity index (χ0n) is 11.3. The third-order valence-electron chi connectivity index (χ3n) is 2.73. The van der Waals surface area contributed by atoms with E-state index in [4.69, 9.17) is 15.2 Å². The second-order valence-corrected chi connectivity index (χ2v) is 4.15. The number of rotatable bonds is 9. The van der Waals surface area contributed by atoms with E-state index in [2.05, 4.69) is 9.88 Å². The van der Waals surface area contributed by atoms with Crippen molar-refractivity contribution in [1.29, 1.82) is 0 Å². The highest BCUT2D eigenvalue weighted by Gasteiger charge is 2.08. The number of aromatic nitrogens is 1. The summed E-state index contributed by atoms with van der Waals surface area (Å²) >= 11 is 0. The Bertz CT molecular complexity index is 334. The number of hydrogen-bond acceptors (Lipinski definition) is 5. The molecular weight excluding hydrogens is 230 g/mol. The largest absolute Gasteiger partial charge is 0.397 e. The molecule has 5 nitrogen and oxygen atoms in total. The van der Waals surface area contributed by atoms with Crippen molar-refractivity contribution in [3.05, 3.63) is 24.0 Å². The topological polar surface area (TPSA) is 60.6 Å². The molecule has 0 amide bonds. The van der Waals surface area contributed by atoms with Gasteiger partial charge in [0.2, 0.25) is 0 Å². The summed E-state index contributed by atoms with van der Waals surface area (Å²) in [7, 11) is 3.43. The summed E-state index contributed by atoms with van der Waals surface area (Å²) < 4.78 is 10.2. The van der Waals surface area contributed by atoms with Crippen molar-refractivity contribution in [3.8, 4) is 0 Å². The Balaban J connectivity index is 2.51. The molecule has 0 aliphatic carbocycles. The minimum absolute atomic E-state index is 0.708. The van der Waals surface area contributed by atoms with Crippen LogP contribution in [0.4, 0.5) is 5.69 Å². The highest BCUT2D eigenvalue weighted by molar-refractivity contribution is 5.41. The molecule has 0 saturated heterocycles. The second-order valence-electron chi connectivity index (χ2n) is 4.15. The SMILES string of the molecule is COCCCN(CCOC)Cc1ncccc1N. The average molecular weight is 253 g/mol. The molecule has 0 spiro atoms. The highest BCUT2D eigenvalue weighted by atomic mass is 16.5. The van der Waals surface area contributed by atoms with Gasteiger partial charge in [-0.05, 0) is 18.6 Å². The molecular formula is C13H23N3O2. The van der Waals surface area contributed by atoms with E-state index in [0.717, 1.165) is 44.0 Å². The lowest BCUT2D eigenvalue weighted by atomic mass is 10.2. The summed E-state index contributed by atoms with van der Waals surface area (Å²) in [6.45, 7) is 4.05. The van der Waals surface area contributed by atoms with Gasteiger partial charge in [-0.15, -0.1) is 0 Å². The molecule has 0 fully saturated rings. The van der Waals surface area contributed by atoms with Gasteiger partial charge >= 0.3 is 0 Å². The van der Waals surface area contributed by atoms with Gasteiger partial charge in [-0.2, -0.15) is 0 Å². The zero-order chi connectivity index (χ0) is 13.2. The maximum atomic E-state index is 5.91. The molecule has 0 radical (unpaired) electrons. The van der Waals surface area contributed by atoms with Crippen LogP contribution in [0, 0.1) is 0 Å². The molecule has 1 heterocycles. The van der Waals surface area contributed by atoms with E-state index in [9.17, 15) is 0 Å². The Morgan fingerprint density at radius 1 is 1.22 bits per heavy atom. The average Bonchev–Trinajstić information content (AvgIpc) is 2.38. The molecule has 18 heavy (non-hydrogen) atoms. The van der Waals surface area contributed by atoms with Crippen LogP contribution >= 0.6 is 0 Å². The summed E-state index contributed by atoms with van der Waals surface area (Å²) in [5.41, 5.74) is 7.57. The van der Waals surface area contributed by atoms with Crippen molar-refractivity contribution in [2.45, 2.75) is 13.0 Å². The molecule has 2 N–H and O–H groups in total. The lowest BCUT2D eigenvalue weighted by Crippen LogP contribution is -2.29. The molecule has 0 unspecified atom stereocenters. The molecule has 0 aliphatic rings. The quantitative estimate of drug-likeness (QED) is 0.669. The van der Waals surface area contributed by atoms with E-state index in [1.54, 1.807) is 20.4 Å². The van der Waals surface area contributed by atoms with Crippen LogP contribution < -0.4 is 5.73 Å². The summed E-state index contributed by atoms with van der Waals surface area (Å²) in [5, 5.41) is 0. The van der Waals surface area contributed by atoms with E-state index in [1.165, 1.54) is 0 Å². The first-order valence-electron chi connectivity index (χ1n) is 6.17. The Morgan fingerprint density at radius 2 is 2.00 bits per heavy atom. The smallest absolute Gasteiger partial charge is 0.0772 e. The lowest BCUT2D eigenvalue weighted by molar-refractivity contribution is 0.128. The van der Waals surface area contributed by atoms with Crippen LogP contribution in [0.25, 0.3) is 0 Å². The molecule has 5 heteroatoms. The van der Waals surface area contributed by atoms with Gasteiger partial charge in [-0.1, -0.05) is 0 Å². The molecule has 1 aromatic heterocycles. The minimum Gasteiger partial charge on any atom is -0.397 e. The van der Waals surface area contributed by atoms with E-state index in [-0.39, 0.29) is 0 Å². The van der Waals surface area contributed by atoms with E-state index < -0.39 is 0 Å². The van der Waals surface area contributed by atoms with E-state index >= 15 is 0 Å². The van der Waals surface area contributed by atoms with Gasteiger partial charge in [0, 0.05) is 46.7 Å². The third-order valence-corrected chi connectivity index (χ3v) is 2.73. The monoisotopic (exact) mass is 253 g/mol. The van der Waals surface area contributed by atoms with Gasteiger partial charge in [-0.25, -0.2) is 0 Å². The molecule has 102 valence electrons. The van der Waals surface area contributed by atoms with Crippen molar-refractivity contribution in [3.63, 3.8) is 0 Å². The zero-order valence-corrected chi connectivity index (χ0v) is 11.3. The number of nitrogen functional groups attached to an aromatic ring is 1. The standard InChI is InChI=1S/C13H23N3O2/c1-17-9-4-7-16(8-10-18-2)11-13-12(14)5-3-6-15-13/h3,5-6H,4,7-11,14H2,1-2H3. The van der Waals surface area contributed by atoms with Crippen LogP contribution in [0.15, 0.2) is 18.3 Å². The van der Waals surface area contributed by atoms with Crippen molar-refractivity contribution < 1.29 is 9.47 Å². The molecule has 0 aromatic carbocycles. The molecule has 1 rings (SSSR count). The first kappa shape index (κ1) is 14.9. The van der Waals surface area contributed by atoms with Crippen LogP contribution in [0.5, 0.6) is 0 Å². The number of nitrogens with zero attached hydrogens (tertiary/aromatic N) is 2. The first-order valence-corrected chi connectivity index (χ1v) is 6.17. The second kappa shape index (κ2) is 8.85. The Kier molecular flexibility index (Phi) is 7.32.